The molecular weight excluding hydrogens is 394 g/mol. The molecule has 0 radical (unpaired) electrons. The zero-order chi connectivity index (χ0) is 20.8. The van der Waals surface area contributed by atoms with Gasteiger partial charge in [0.1, 0.15) is 5.70 Å². The van der Waals surface area contributed by atoms with Crippen LogP contribution in [-0.2, 0) is 9.53 Å². The van der Waals surface area contributed by atoms with Crippen molar-refractivity contribution in [3.8, 4) is 0 Å². The number of para-hydroxylation sites is 1. The maximum Gasteiger partial charge on any atom is 0.283 e. The van der Waals surface area contributed by atoms with Crippen molar-refractivity contribution in [1.29, 1.82) is 0 Å². The molecule has 5 nitrogen and oxygen atoms in total. The van der Waals surface area contributed by atoms with Gasteiger partial charge in [-0.05, 0) is 42.3 Å². The molecule has 0 atom stereocenters. The first kappa shape index (κ1) is 20.7. The number of unbranched alkanes of at least 4 members (excludes halogenated alkanes) is 1. The fraction of sp³-hybridized carbons (Fsp3) is 0.333. The van der Waals surface area contributed by atoms with Crippen molar-refractivity contribution in [2.45, 2.75) is 19.8 Å². The minimum Gasteiger partial charge on any atom is -0.378 e. The number of carbonyl (C=O) groups is 1. The van der Waals surface area contributed by atoms with Gasteiger partial charge in [-0.3, -0.25) is 9.69 Å². The van der Waals surface area contributed by atoms with Crippen LogP contribution >= 0.6 is 11.8 Å². The van der Waals surface area contributed by atoms with E-state index in [-0.39, 0.29) is 5.91 Å². The Morgan fingerprint density at radius 3 is 2.47 bits per heavy atom. The van der Waals surface area contributed by atoms with Crippen LogP contribution in [0.4, 0.5) is 11.4 Å². The second-order valence-corrected chi connectivity index (χ2v) is 8.36. The second-order valence-electron chi connectivity index (χ2n) is 7.29. The number of rotatable bonds is 6. The zero-order valence-corrected chi connectivity index (χ0v) is 18.1. The first-order chi connectivity index (χ1) is 14.8. The topological polar surface area (TPSA) is 45.1 Å². The van der Waals surface area contributed by atoms with Crippen LogP contribution in [0, 0.1) is 0 Å². The number of amides is 1. The molecule has 156 valence electrons. The fourth-order valence-electron chi connectivity index (χ4n) is 3.47. The first-order valence-electron chi connectivity index (χ1n) is 10.5. The molecule has 0 unspecified atom stereocenters. The lowest BCUT2D eigenvalue weighted by molar-refractivity contribution is -0.113. The monoisotopic (exact) mass is 421 g/mol. The molecule has 1 amide bonds. The van der Waals surface area contributed by atoms with Gasteiger partial charge in [0.25, 0.3) is 5.91 Å². The molecule has 0 saturated carbocycles. The standard InChI is InChI=1S/C24H27N3O2S/c1-2-3-17-30-24-25-22(23(28)27(24)21-7-5-4-6-8-21)18-19-9-11-20(12-10-19)26-13-15-29-16-14-26/h4-12,18H,2-3,13-17H2,1H3/b22-18+. The lowest BCUT2D eigenvalue weighted by Gasteiger charge is -2.28. The highest BCUT2D eigenvalue weighted by atomic mass is 32.2. The predicted molar refractivity (Wildman–Crippen MR) is 126 cm³/mol. The third kappa shape index (κ3) is 4.77. The van der Waals surface area contributed by atoms with Crippen molar-refractivity contribution >= 4 is 40.3 Å². The molecule has 4 rings (SSSR count). The SMILES string of the molecule is CCCCSC1=N/C(=C/c2ccc(N3CCOCC3)cc2)C(=O)N1c1ccccc1. The van der Waals surface area contributed by atoms with Crippen molar-refractivity contribution in [2.75, 3.05) is 41.9 Å². The average Bonchev–Trinajstić information content (AvgIpc) is 3.10. The van der Waals surface area contributed by atoms with Gasteiger partial charge < -0.3 is 9.64 Å². The number of anilines is 2. The average molecular weight is 422 g/mol. The Balaban J connectivity index is 1.56. The van der Waals surface area contributed by atoms with E-state index in [4.69, 9.17) is 9.73 Å². The zero-order valence-electron chi connectivity index (χ0n) is 17.3. The highest BCUT2D eigenvalue weighted by molar-refractivity contribution is 8.14. The van der Waals surface area contributed by atoms with E-state index in [1.807, 2.05) is 36.4 Å². The number of ether oxygens (including phenoxy) is 1. The van der Waals surface area contributed by atoms with Crippen molar-refractivity contribution in [3.63, 3.8) is 0 Å². The summed E-state index contributed by atoms with van der Waals surface area (Å²) in [6.45, 7) is 5.52. The number of carbonyl (C=O) groups excluding carboxylic acids is 1. The highest BCUT2D eigenvalue weighted by Crippen LogP contribution is 2.30. The molecule has 0 aliphatic carbocycles. The summed E-state index contributed by atoms with van der Waals surface area (Å²) in [4.78, 5) is 21.9. The Morgan fingerprint density at radius 2 is 1.77 bits per heavy atom. The van der Waals surface area contributed by atoms with Gasteiger partial charge in [0, 0.05) is 24.5 Å². The number of hydrogen-bond acceptors (Lipinski definition) is 5. The van der Waals surface area contributed by atoms with Crippen LogP contribution in [0.2, 0.25) is 0 Å². The molecule has 2 aromatic rings. The molecule has 30 heavy (non-hydrogen) atoms. The van der Waals surface area contributed by atoms with Crippen LogP contribution in [0.25, 0.3) is 6.08 Å². The molecule has 2 aliphatic rings. The molecule has 0 aromatic heterocycles. The quantitative estimate of drug-likeness (QED) is 0.496. The Morgan fingerprint density at radius 1 is 1.03 bits per heavy atom. The number of hydrogen-bond donors (Lipinski definition) is 0. The summed E-state index contributed by atoms with van der Waals surface area (Å²) in [5, 5.41) is 0.760. The molecule has 2 heterocycles. The molecular formula is C24H27N3O2S. The normalized spacial score (nSPS) is 18.2. The van der Waals surface area contributed by atoms with Gasteiger partial charge in [0.2, 0.25) is 0 Å². The lowest BCUT2D eigenvalue weighted by atomic mass is 10.1. The number of amidine groups is 1. The van der Waals surface area contributed by atoms with Crippen LogP contribution in [0.3, 0.4) is 0 Å². The molecule has 0 N–H and O–H groups in total. The van der Waals surface area contributed by atoms with E-state index in [2.05, 4.69) is 36.1 Å². The van der Waals surface area contributed by atoms with Gasteiger partial charge in [-0.15, -0.1) is 0 Å². The van der Waals surface area contributed by atoms with Gasteiger partial charge in [-0.2, -0.15) is 0 Å². The van der Waals surface area contributed by atoms with Crippen molar-refractivity contribution in [3.05, 3.63) is 65.9 Å². The van der Waals surface area contributed by atoms with Crippen LogP contribution in [0.5, 0.6) is 0 Å². The van der Waals surface area contributed by atoms with Crippen molar-refractivity contribution in [2.24, 2.45) is 4.99 Å². The number of thioether (sulfide) groups is 1. The summed E-state index contributed by atoms with van der Waals surface area (Å²) >= 11 is 1.65. The van der Waals surface area contributed by atoms with E-state index in [0.717, 1.165) is 61.3 Å². The Bertz CT molecular complexity index is 919. The van der Waals surface area contributed by atoms with Crippen LogP contribution in [0.1, 0.15) is 25.3 Å². The van der Waals surface area contributed by atoms with Gasteiger partial charge >= 0.3 is 0 Å². The summed E-state index contributed by atoms with van der Waals surface area (Å²) in [6, 6.07) is 18.1. The number of aliphatic imine (C=N–C) groups is 1. The summed E-state index contributed by atoms with van der Waals surface area (Å²) in [5.74, 6) is 0.880. The van der Waals surface area contributed by atoms with Crippen LogP contribution in [-0.4, -0.2) is 43.1 Å². The second kappa shape index (κ2) is 9.96. The molecule has 2 aliphatic heterocycles. The van der Waals surface area contributed by atoms with E-state index in [9.17, 15) is 4.79 Å². The summed E-state index contributed by atoms with van der Waals surface area (Å²) in [7, 11) is 0. The third-order valence-corrected chi connectivity index (χ3v) is 6.17. The highest BCUT2D eigenvalue weighted by Gasteiger charge is 2.31. The first-order valence-corrected chi connectivity index (χ1v) is 11.5. The number of morpholine rings is 1. The largest absolute Gasteiger partial charge is 0.378 e. The molecule has 2 aromatic carbocycles. The van der Waals surface area contributed by atoms with Gasteiger partial charge in [0.15, 0.2) is 5.17 Å². The maximum absolute atomic E-state index is 13.2. The Labute approximate surface area is 182 Å². The summed E-state index contributed by atoms with van der Waals surface area (Å²) in [5.41, 5.74) is 3.50. The minimum absolute atomic E-state index is 0.0718. The summed E-state index contributed by atoms with van der Waals surface area (Å²) in [6.07, 6.45) is 4.11. The van der Waals surface area contributed by atoms with Crippen molar-refractivity contribution < 1.29 is 9.53 Å². The Kier molecular flexibility index (Phi) is 6.87. The van der Waals surface area contributed by atoms with E-state index in [1.54, 1.807) is 16.7 Å². The molecule has 0 spiro atoms. The van der Waals surface area contributed by atoms with Gasteiger partial charge in [-0.25, -0.2) is 4.99 Å². The van der Waals surface area contributed by atoms with E-state index < -0.39 is 0 Å². The smallest absolute Gasteiger partial charge is 0.283 e. The Hall–Kier alpha value is -2.57. The van der Waals surface area contributed by atoms with Gasteiger partial charge in [-0.1, -0.05) is 55.4 Å². The minimum atomic E-state index is -0.0718. The molecule has 6 heteroatoms. The molecule has 1 fully saturated rings. The lowest BCUT2D eigenvalue weighted by Crippen LogP contribution is -2.36. The van der Waals surface area contributed by atoms with E-state index >= 15 is 0 Å². The van der Waals surface area contributed by atoms with Crippen LogP contribution < -0.4 is 9.80 Å². The summed E-state index contributed by atoms with van der Waals surface area (Å²) < 4.78 is 5.43. The number of benzene rings is 2. The van der Waals surface area contributed by atoms with E-state index in [1.165, 1.54) is 5.69 Å². The fourth-order valence-corrected chi connectivity index (χ4v) is 4.56. The van der Waals surface area contributed by atoms with Crippen LogP contribution in [0.15, 0.2) is 65.3 Å². The third-order valence-electron chi connectivity index (χ3n) is 5.15. The molecule has 1 saturated heterocycles. The predicted octanol–water partition coefficient (Wildman–Crippen LogP) is 4.80. The van der Waals surface area contributed by atoms with E-state index in [0.29, 0.717) is 5.70 Å². The van der Waals surface area contributed by atoms with Gasteiger partial charge in [0.05, 0.1) is 18.9 Å². The molecule has 0 bridgehead atoms. The maximum atomic E-state index is 13.2. The number of nitrogens with zero attached hydrogens (tertiary/aromatic N) is 3. The van der Waals surface area contributed by atoms with Crippen molar-refractivity contribution in [1.82, 2.24) is 0 Å².